The Hall–Kier alpha value is -2.31. The standard InChI is InChI=1S/C32H53N3O3/c1-9-32(10-2,26-16-17-29(25(6)22-26)38-21-14-18-31(7,8)37)27-23-28(35(13-5)24-27)30(36)33-19-15-20-34(11-3)12-4/h16-17,22-24,37H,9-15,18-21H2,1-8H3,(H,33,36). The minimum absolute atomic E-state index is 0.00439. The van der Waals surface area contributed by atoms with E-state index in [-0.39, 0.29) is 11.3 Å². The smallest absolute Gasteiger partial charge is 0.267 e. The van der Waals surface area contributed by atoms with Crippen molar-refractivity contribution >= 4 is 5.91 Å². The molecule has 0 spiro atoms. The second-order valence-corrected chi connectivity index (χ2v) is 11.1. The Labute approximate surface area is 231 Å². The Morgan fingerprint density at radius 1 is 1.03 bits per heavy atom. The predicted molar refractivity (Wildman–Crippen MR) is 158 cm³/mol. The van der Waals surface area contributed by atoms with Gasteiger partial charge in [-0.1, -0.05) is 39.8 Å². The molecule has 0 fully saturated rings. The van der Waals surface area contributed by atoms with Crippen LogP contribution in [-0.4, -0.2) is 58.9 Å². The Morgan fingerprint density at radius 3 is 2.26 bits per heavy atom. The van der Waals surface area contributed by atoms with Gasteiger partial charge >= 0.3 is 0 Å². The average Bonchev–Trinajstić information content (AvgIpc) is 3.33. The van der Waals surface area contributed by atoms with Crippen molar-refractivity contribution in [2.24, 2.45) is 0 Å². The minimum atomic E-state index is -0.667. The Balaban J connectivity index is 2.21. The minimum Gasteiger partial charge on any atom is -0.493 e. The summed E-state index contributed by atoms with van der Waals surface area (Å²) >= 11 is 0. The van der Waals surface area contributed by atoms with Gasteiger partial charge in [0.15, 0.2) is 0 Å². The van der Waals surface area contributed by atoms with Crippen molar-refractivity contribution in [2.45, 2.75) is 105 Å². The van der Waals surface area contributed by atoms with E-state index in [9.17, 15) is 9.90 Å². The van der Waals surface area contributed by atoms with E-state index < -0.39 is 5.60 Å². The fraction of sp³-hybridized carbons (Fsp3) is 0.656. The fourth-order valence-corrected chi connectivity index (χ4v) is 5.39. The van der Waals surface area contributed by atoms with Crippen LogP contribution in [0.4, 0.5) is 0 Å². The van der Waals surface area contributed by atoms with Gasteiger partial charge in [0.2, 0.25) is 0 Å². The Bertz CT molecular complexity index is 998. The van der Waals surface area contributed by atoms with E-state index in [1.165, 1.54) is 11.1 Å². The van der Waals surface area contributed by atoms with Crippen LogP contribution in [0.3, 0.4) is 0 Å². The van der Waals surface area contributed by atoms with E-state index in [4.69, 9.17) is 4.74 Å². The van der Waals surface area contributed by atoms with Crippen LogP contribution in [0.15, 0.2) is 30.5 Å². The highest BCUT2D eigenvalue weighted by atomic mass is 16.5. The highest BCUT2D eigenvalue weighted by Gasteiger charge is 2.33. The van der Waals surface area contributed by atoms with Crippen molar-refractivity contribution in [1.82, 2.24) is 14.8 Å². The molecule has 0 saturated heterocycles. The average molecular weight is 528 g/mol. The van der Waals surface area contributed by atoms with Crippen molar-refractivity contribution < 1.29 is 14.6 Å². The van der Waals surface area contributed by atoms with Gasteiger partial charge in [-0.05, 0) is 108 Å². The third kappa shape index (κ3) is 8.34. The predicted octanol–water partition coefficient (Wildman–Crippen LogP) is 6.31. The van der Waals surface area contributed by atoms with Crippen molar-refractivity contribution in [3.63, 3.8) is 0 Å². The van der Waals surface area contributed by atoms with Gasteiger partial charge in [-0.3, -0.25) is 4.79 Å². The number of ether oxygens (including phenoxy) is 1. The van der Waals surface area contributed by atoms with Crippen LogP contribution in [0.1, 0.15) is 108 Å². The van der Waals surface area contributed by atoms with Crippen molar-refractivity contribution in [2.75, 3.05) is 32.8 Å². The number of amides is 1. The van der Waals surface area contributed by atoms with Crippen LogP contribution in [0.2, 0.25) is 0 Å². The largest absolute Gasteiger partial charge is 0.493 e. The molecule has 1 heterocycles. The van der Waals surface area contributed by atoms with Gasteiger partial charge in [0.1, 0.15) is 11.4 Å². The number of hydrogen-bond donors (Lipinski definition) is 2. The second-order valence-electron chi connectivity index (χ2n) is 11.1. The number of nitrogens with zero attached hydrogens (tertiary/aromatic N) is 2. The quantitative estimate of drug-likeness (QED) is 0.237. The Kier molecular flexibility index (Phi) is 12.4. The molecule has 2 N–H and O–H groups in total. The first-order valence-electron chi connectivity index (χ1n) is 14.7. The van der Waals surface area contributed by atoms with Gasteiger partial charge in [0.25, 0.3) is 5.91 Å². The van der Waals surface area contributed by atoms with Gasteiger partial charge in [-0.25, -0.2) is 0 Å². The summed E-state index contributed by atoms with van der Waals surface area (Å²) in [7, 11) is 0. The number of aromatic nitrogens is 1. The molecule has 0 aliphatic rings. The van der Waals surface area contributed by atoms with Crippen molar-refractivity contribution in [3.8, 4) is 5.75 Å². The zero-order valence-electron chi connectivity index (χ0n) is 25.3. The van der Waals surface area contributed by atoms with Gasteiger partial charge in [0, 0.05) is 24.7 Å². The number of benzene rings is 1. The van der Waals surface area contributed by atoms with Gasteiger partial charge in [-0.15, -0.1) is 0 Å². The summed E-state index contributed by atoms with van der Waals surface area (Å²) in [4.78, 5) is 15.5. The number of carbonyl (C=O) groups excluding carboxylic acids is 1. The molecule has 0 atom stereocenters. The van der Waals surface area contributed by atoms with Crippen LogP contribution >= 0.6 is 0 Å². The molecule has 2 rings (SSSR count). The molecule has 0 saturated carbocycles. The molecule has 1 aromatic carbocycles. The highest BCUT2D eigenvalue weighted by Crippen LogP contribution is 2.41. The topological polar surface area (TPSA) is 66.7 Å². The number of aryl methyl sites for hydroxylation is 2. The molecule has 6 nitrogen and oxygen atoms in total. The molecule has 0 bridgehead atoms. The third-order valence-electron chi connectivity index (χ3n) is 7.98. The number of rotatable bonds is 17. The lowest BCUT2D eigenvalue weighted by atomic mass is 9.71. The number of carbonyl (C=O) groups is 1. The van der Waals surface area contributed by atoms with E-state index in [1.807, 2.05) is 13.8 Å². The zero-order chi connectivity index (χ0) is 28.3. The molecule has 214 valence electrons. The molecule has 0 aliphatic carbocycles. The third-order valence-corrected chi connectivity index (χ3v) is 7.98. The van der Waals surface area contributed by atoms with E-state index in [0.717, 1.165) is 68.9 Å². The molecule has 1 aromatic heterocycles. The number of nitrogens with one attached hydrogen (secondary N) is 1. The summed E-state index contributed by atoms with van der Waals surface area (Å²) in [5.74, 6) is 0.895. The van der Waals surface area contributed by atoms with E-state index in [1.54, 1.807) is 0 Å². The molecular weight excluding hydrogens is 474 g/mol. The van der Waals surface area contributed by atoms with E-state index >= 15 is 0 Å². The maximum absolute atomic E-state index is 13.2. The van der Waals surface area contributed by atoms with Crippen molar-refractivity contribution in [1.29, 1.82) is 0 Å². The van der Waals surface area contributed by atoms with E-state index in [2.05, 4.69) is 86.8 Å². The molecule has 6 heteroatoms. The van der Waals surface area contributed by atoms with Crippen LogP contribution in [0.5, 0.6) is 5.75 Å². The first kappa shape index (κ1) is 31.9. The zero-order valence-corrected chi connectivity index (χ0v) is 25.3. The van der Waals surface area contributed by atoms with Crippen LogP contribution < -0.4 is 10.1 Å². The molecule has 38 heavy (non-hydrogen) atoms. The van der Waals surface area contributed by atoms with Crippen LogP contribution in [-0.2, 0) is 12.0 Å². The fourth-order valence-electron chi connectivity index (χ4n) is 5.39. The van der Waals surface area contributed by atoms with Gasteiger partial charge < -0.3 is 24.6 Å². The maximum Gasteiger partial charge on any atom is 0.267 e. The molecule has 2 aromatic rings. The normalized spacial score (nSPS) is 12.3. The summed E-state index contributed by atoms with van der Waals surface area (Å²) in [5, 5.41) is 13.1. The Morgan fingerprint density at radius 2 is 1.71 bits per heavy atom. The first-order valence-corrected chi connectivity index (χ1v) is 14.7. The summed E-state index contributed by atoms with van der Waals surface area (Å²) in [6.07, 6.45) is 6.52. The summed E-state index contributed by atoms with van der Waals surface area (Å²) in [6.45, 7) is 21.8. The first-order chi connectivity index (χ1) is 18.0. The molecule has 0 aliphatic heterocycles. The summed E-state index contributed by atoms with van der Waals surface area (Å²) in [6, 6.07) is 8.61. The lowest BCUT2D eigenvalue weighted by molar-refractivity contribution is 0.0641. The van der Waals surface area contributed by atoms with Gasteiger partial charge in [-0.2, -0.15) is 0 Å². The van der Waals surface area contributed by atoms with Crippen LogP contribution in [0, 0.1) is 6.92 Å². The summed E-state index contributed by atoms with van der Waals surface area (Å²) in [5.41, 5.74) is 3.44. The molecule has 0 radical (unpaired) electrons. The lowest BCUT2D eigenvalue weighted by Crippen LogP contribution is -2.30. The van der Waals surface area contributed by atoms with Crippen molar-refractivity contribution in [3.05, 3.63) is 52.8 Å². The highest BCUT2D eigenvalue weighted by molar-refractivity contribution is 5.93. The molecule has 0 unspecified atom stereocenters. The van der Waals surface area contributed by atoms with E-state index in [0.29, 0.717) is 19.6 Å². The van der Waals surface area contributed by atoms with Crippen LogP contribution in [0.25, 0.3) is 0 Å². The lowest BCUT2D eigenvalue weighted by Gasteiger charge is -2.32. The molecular formula is C32H53N3O3. The second kappa shape index (κ2) is 14.7. The number of hydrogen-bond acceptors (Lipinski definition) is 4. The molecule has 1 amide bonds. The van der Waals surface area contributed by atoms with Gasteiger partial charge in [0.05, 0.1) is 12.2 Å². The maximum atomic E-state index is 13.2. The SMILES string of the molecule is CCN(CC)CCCNC(=O)c1cc(C(CC)(CC)c2ccc(OCCCC(C)(C)O)c(C)c2)cn1CC. The summed E-state index contributed by atoms with van der Waals surface area (Å²) < 4.78 is 8.13. The monoisotopic (exact) mass is 527 g/mol. The number of aliphatic hydroxyl groups is 1.